The highest BCUT2D eigenvalue weighted by atomic mass is 19.1. The minimum absolute atomic E-state index is 0.132. The van der Waals surface area contributed by atoms with E-state index in [0.29, 0.717) is 19.3 Å². The van der Waals surface area contributed by atoms with Crippen molar-refractivity contribution in [3.8, 4) is 0 Å². The van der Waals surface area contributed by atoms with Crippen LogP contribution in [-0.2, 0) is 6.42 Å². The summed E-state index contributed by atoms with van der Waals surface area (Å²) in [5.74, 6) is -1.35. The summed E-state index contributed by atoms with van der Waals surface area (Å²) in [6.45, 7) is 2.10. The third-order valence-corrected chi connectivity index (χ3v) is 3.97. The highest BCUT2D eigenvalue weighted by Crippen LogP contribution is 2.35. The number of hydrogen-bond donors (Lipinski definition) is 0. The number of allylic oxidation sites excluding steroid dienone is 2. The molecule has 0 N–H and O–H groups in total. The molecule has 0 nitrogen and oxygen atoms in total. The zero-order valence-electron chi connectivity index (χ0n) is 11.9. The number of halogens is 3. The van der Waals surface area contributed by atoms with Crippen LogP contribution in [0.25, 0.3) is 0 Å². The number of benzene rings is 1. The topological polar surface area (TPSA) is 0 Å². The number of unbranched alkanes of at least 4 members (excludes halogenated alkanes) is 2. The molecule has 0 amide bonds. The van der Waals surface area contributed by atoms with Crippen LogP contribution in [0.3, 0.4) is 0 Å². The molecule has 110 valence electrons. The lowest BCUT2D eigenvalue weighted by Crippen LogP contribution is -2.08. The summed E-state index contributed by atoms with van der Waals surface area (Å²) in [5.41, 5.74) is 0.850. The van der Waals surface area contributed by atoms with Gasteiger partial charge in [0.1, 0.15) is 11.6 Å². The summed E-state index contributed by atoms with van der Waals surface area (Å²) in [7, 11) is 0. The monoisotopic (exact) mass is 282 g/mol. The maximum absolute atomic E-state index is 14.1. The average Bonchev–Trinajstić information content (AvgIpc) is 2.40. The van der Waals surface area contributed by atoms with Gasteiger partial charge in [-0.25, -0.2) is 13.2 Å². The molecule has 0 saturated carbocycles. The average molecular weight is 282 g/mol. The standard InChI is InChI=1S/C17H21F3/c1-2-3-4-5-12-10-15(19)17(16(20)11-12)13-6-8-14(18)9-7-13/h8,10-11,13H,2-7,9H2,1H3. The highest BCUT2D eigenvalue weighted by molar-refractivity contribution is 5.30. The van der Waals surface area contributed by atoms with Crippen LogP contribution < -0.4 is 0 Å². The Bertz CT molecular complexity index is 468. The molecule has 0 aliphatic heterocycles. The minimum atomic E-state index is -0.475. The first-order valence-electron chi connectivity index (χ1n) is 7.44. The first-order chi connectivity index (χ1) is 9.61. The van der Waals surface area contributed by atoms with E-state index in [-0.39, 0.29) is 23.7 Å². The normalized spacial score (nSPS) is 19.0. The van der Waals surface area contributed by atoms with Crippen LogP contribution in [0.5, 0.6) is 0 Å². The van der Waals surface area contributed by atoms with Crippen molar-refractivity contribution in [1.82, 2.24) is 0 Å². The van der Waals surface area contributed by atoms with Gasteiger partial charge in [-0.05, 0) is 55.7 Å². The molecular weight excluding hydrogens is 261 g/mol. The second-order valence-corrected chi connectivity index (χ2v) is 5.55. The van der Waals surface area contributed by atoms with Crippen molar-refractivity contribution in [3.05, 3.63) is 46.8 Å². The molecule has 0 heterocycles. The fourth-order valence-electron chi connectivity index (χ4n) is 2.81. The third-order valence-electron chi connectivity index (χ3n) is 3.97. The number of hydrogen-bond acceptors (Lipinski definition) is 0. The minimum Gasteiger partial charge on any atom is -0.212 e. The summed E-state index contributed by atoms with van der Waals surface area (Å²) in [6, 6.07) is 2.89. The van der Waals surface area contributed by atoms with Crippen LogP contribution in [-0.4, -0.2) is 0 Å². The molecule has 2 rings (SSSR count). The molecule has 1 aliphatic carbocycles. The predicted molar refractivity (Wildman–Crippen MR) is 75.4 cm³/mol. The zero-order valence-corrected chi connectivity index (χ0v) is 11.9. The van der Waals surface area contributed by atoms with Crippen molar-refractivity contribution in [2.45, 2.75) is 57.8 Å². The maximum Gasteiger partial charge on any atom is 0.129 e. The van der Waals surface area contributed by atoms with Crippen molar-refractivity contribution >= 4 is 0 Å². The Kier molecular flexibility index (Phi) is 5.27. The van der Waals surface area contributed by atoms with Gasteiger partial charge in [-0.2, -0.15) is 0 Å². The zero-order chi connectivity index (χ0) is 14.5. The second-order valence-electron chi connectivity index (χ2n) is 5.55. The van der Waals surface area contributed by atoms with E-state index in [0.717, 1.165) is 24.8 Å². The molecule has 0 fully saturated rings. The van der Waals surface area contributed by atoms with E-state index in [1.54, 1.807) is 0 Å². The van der Waals surface area contributed by atoms with Gasteiger partial charge in [-0.1, -0.05) is 25.8 Å². The summed E-state index contributed by atoms with van der Waals surface area (Å²) in [4.78, 5) is 0. The van der Waals surface area contributed by atoms with Gasteiger partial charge in [-0.15, -0.1) is 0 Å². The molecule has 3 heteroatoms. The molecule has 0 radical (unpaired) electrons. The van der Waals surface area contributed by atoms with Crippen molar-refractivity contribution in [2.24, 2.45) is 0 Å². The largest absolute Gasteiger partial charge is 0.212 e. The number of rotatable bonds is 5. The smallest absolute Gasteiger partial charge is 0.129 e. The summed E-state index contributed by atoms with van der Waals surface area (Å²) in [5, 5.41) is 0. The van der Waals surface area contributed by atoms with E-state index in [1.807, 2.05) is 0 Å². The van der Waals surface area contributed by atoms with Gasteiger partial charge in [0, 0.05) is 5.56 Å². The van der Waals surface area contributed by atoms with Gasteiger partial charge in [0.2, 0.25) is 0 Å². The van der Waals surface area contributed by atoms with E-state index in [2.05, 4.69) is 6.92 Å². The Labute approximate surface area is 118 Å². The first kappa shape index (κ1) is 15.1. The van der Waals surface area contributed by atoms with Crippen molar-refractivity contribution in [1.29, 1.82) is 0 Å². The van der Waals surface area contributed by atoms with Crippen molar-refractivity contribution in [2.75, 3.05) is 0 Å². The van der Waals surface area contributed by atoms with E-state index in [4.69, 9.17) is 0 Å². The Balaban J connectivity index is 2.14. The van der Waals surface area contributed by atoms with Gasteiger partial charge in [0.15, 0.2) is 0 Å². The lowest BCUT2D eigenvalue weighted by atomic mass is 9.86. The van der Waals surface area contributed by atoms with Crippen LogP contribution in [0.4, 0.5) is 13.2 Å². The predicted octanol–water partition coefficient (Wildman–Crippen LogP) is 5.82. The van der Waals surface area contributed by atoms with E-state index < -0.39 is 11.6 Å². The van der Waals surface area contributed by atoms with E-state index >= 15 is 0 Å². The van der Waals surface area contributed by atoms with Gasteiger partial charge in [0.05, 0.1) is 5.83 Å². The van der Waals surface area contributed by atoms with Crippen LogP contribution in [0, 0.1) is 11.6 Å². The van der Waals surface area contributed by atoms with E-state index in [9.17, 15) is 13.2 Å². The van der Waals surface area contributed by atoms with Gasteiger partial charge in [0.25, 0.3) is 0 Å². The van der Waals surface area contributed by atoms with Gasteiger partial charge in [-0.3, -0.25) is 0 Å². The maximum atomic E-state index is 14.1. The summed E-state index contributed by atoms with van der Waals surface area (Å²) < 4.78 is 41.3. The SMILES string of the molecule is CCCCCc1cc(F)c(C2CC=C(F)CC2)c(F)c1. The fourth-order valence-corrected chi connectivity index (χ4v) is 2.81. The van der Waals surface area contributed by atoms with Crippen LogP contribution >= 0.6 is 0 Å². The van der Waals surface area contributed by atoms with Gasteiger partial charge < -0.3 is 0 Å². The molecular formula is C17H21F3. The molecule has 0 aromatic heterocycles. The van der Waals surface area contributed by atoms with Crippen molar-refractivity contribution in [3.63, 3.8) is 0 Å². The first-order valence-corrected chi connectivity index (χ1v) is 7.44. The molecule has 1 aliphatic rings. The third kappa shape index (κ3) is 3.65. The molecule has 1 aromatic rings. The van der Waals surface area contributed by atoms with Crippen LogP contribution in [0.2, 0.25) is 0 Å². The Hall–Kier alpha value is -1.25. The summed E-state index contributed by atoms with van der Waals surface area (Å²) >= 11 is 0. The molecule has 0 spiro atoms. The second kappa shape index (κ2) is 6.96. The molecule has 0 bridgehead atoms. The molecule has 0 saturated heterocycles. The van der Waals surface area contributed by atoms with E-state index in [1.165, 1.54) is 18.2 Å². The highest BCUT2D eigenvalue weighted by Gasteiger charge is 2.23. The number of aryl methyl sites for hydroxylation is 1. The Morgan fingerprint density at radius 1 is 1.10 bits per heavy atom. The quantitative estimate of drug-likeness (QED) is 0.597. The van der Waals surface area contributed by atoms with Crippen molar-refractivity contribution < 1.29 is 13.2 Å². The molecule has 1 atom stereocenters. The fraction of sp³-hybridized carbons (Fsp3) is 0.529. The Morgan fingerprint density at radius 3 is 2.35 bits per heavy atom. The van der Waals surface area contributed by atoms with Crippen LogP contribution in [0.1, 0.15) is 62.5 Å². The van der Waals surface area contributed by atoms with Gasteiger partial charge >= 0.3 is 0 Å². The van der Waals surface area contributed by atoms with Crippen LogP contribution in [0.15, 0.2) is 24.0 Å². The molecule has 20 heavy (non-hydrogen) atoms. The molecule has 1 aromatic carbocycles. The molecule has 1 unspecified atom stereocenters. The summed E-state index contributed by atoms with van der Waals surface area (Å²) in [6.07, 6.45) is 6.40. The Morgan fingerprint density at radius 2 is 1.80 bits per heavy atom. The lowest BCUT2D eigenvalue weighted by Gasteiger charge is -2.21. The lowest BCUT2D eigenvalue weighted by molar-refractivity contribution is 0.460.